The zero-order chi connectivity index (χ0) is 10.2. The Balaban J connectivity index is 2.27. The minimum absolute atomic E-state index is 0.0267. The first-order valence-corrected chi connectivity index (χ1v) is 6.20. The van der Waals surface area contributed by atoms with Gasteiger partial charge in [-0.25, -0.2) is 0 Å². The number of fused-ring (bicyclic) bond motifs is 1. The molecule has 1 aromatic carbocycles. The summed E-state index contributed by atoms with van der Waals surface area (Å²) in [7, 11) is -3.85. The molecule has 0 spiro atoms. The lowest BCUT2D eigenvalue weighted by Gasteiger charge is -2.08. The SMILES string of the molecule is O=S(=O)(O)CC1CCc2ccccc21. The van der Waals surface area contributed by atoms with E-state index in [0.29, 0.717) is 0 Å². The quantitative estimate of drug-likeness (QED) is 0.758. The zero-order valence-corrected chi connectivity index (χ0v) is 8.50. The largest absolute Gasteiger partial charge is 0.286 e. The van der Waals surface area contributed by atoms with Crippen LogP contribution in [0.25, 0.3) is 0 Å². The van der Waals surface area contributed by atoms with Crippen molar-refractivity contribution >= 4 is 10.1 Å². The monoisotopic (exact) mass is 212 g/mol. The maximum Gasteiger partial charge on any atom is 0.265 e. The first kappa shape index (κ1) is 9.68. The van der Waals surface area contributed by atoms with Gasteiger partial charge in [-0.3, -0.25) is 4.55 Å². The van der Waals surface area contributed by atoms with Gasteiger partial charge in [-0.1, -0.05) is 24.3 Å². The van der Waals surface area contributed by atoms with Gasteiger partial charge in [0.05, 0.1) is 5.75 Å². The summed E-state index contributed by atoms with van der Waals surface area (Å²) in [6, 6.07) is 7.81. The van der Waals surface area contributed by atoms with E-state index in [0.717, 1.165) is 18.4 Å². The Kier molecular flexibility index (Phi) is 2.33. The molecule has 0 bridgehead atoms. The highest BCUT2D eigenvalue weighted by molar-refractivity contribution is 7.85. The summed E-state index contributed by atoms with van der Waals surface area (Å²) in [5.41, 5.74) is 2.28. The minimum atomic E-state index is -3.85. The molecular weight excluding hydrogens is 200 g/mol. The summed E-state index contributed by atoms with van der Waals surface area (Å²) in [5, 5.41) is 0. The minimum Gasteiger partial charge on any atom is -0.286 e. The molecule has 0 heterocycles. The first-order chi connectivity index (χ1) is 6.56. The third-order valence-electron chi connectivity index (χ3n) is 2.67. The molecule has 0 fully saturated rings. The second-order valence-corrected chi connectivity index (χ2v) is 5.18. The Bertz CT molecular complexity index is 436. The molecule has 2 rings (SSSR count). The van der Waals surface area contributed by atoms with Crippen LogP contribution in [-0.4, -0.2) is 18.7 Å². The van der Waals surface area contributed by atoms with Crippen LogP contribution in [0, 0.1) is 0 Å². The lowest BCUT2D eigenvalue weighted by molar-refractivity contribution is 0.476. The third kappa shape index (κ3) is 1.96. The smallest absolute Gasteiger partial charge is 0.265 e. The van der Waals surface area contributed by atoms with Gasteiger partial charge in [0.1, 0.15) is 0 Å². The van der Waals surface area contributed by atoms with E-state index in [1.807, 2.05) is 24.3 Å². The predicted molar refractivity (Wildman–Crippen MR) is 53.9 cm³/mol. The van der Waals surface area contributed by atoms with Crippen LogP contribution in [-0.2, 0) is 16.5 Å². The van der Waals surface area contributed by atoms with E-state index in [-0.39, 0.29) is 11.7 Å². The van der Waals surface area contributed by atoms with Gasteiger partial charge in [0.25, 0.3) is 10.1 Å². The summed E-state index contributed by atoms with van der Waals surface area (Å²) in [5.74, 6) is -0.175. The van der Waals surface area contributed by atoms with Gasteiger partial charge in [0.2, 0.25) is 0 Å². The Morgan fingerprint density at radius 2 is 2.07 bits per heavy atom. The van der Waals surface area contributed by atoms with E-state index < -0.39 is 10.1 Å². The van der Waals surface area contributed by atoms with Crippen LogP contribution >= 0.6 is 0 Å². The van der Waals surface area contributed by atoms with Crippen molar-refractivity contribution in [3.05, 3.63) is 35.4 Å². The molecule has 0 amide bonds. The van der Waals surface area contributed by atoms with Gasteiger partial charge in [-0.2, -0.15) is 8.42 Å². The van der Waals surface area contributed by atoms with E-state index in [4.69, 9.17) is 4.55 Å². The molecule has 3 nitrogen and oxygen atoms in total. The maximum absolute atomic E-state index is 10.8. The van der Waals surface area contributed by atoms with Crippen LogP contribution in [0.15, 0.2) is 24.3 Å². The average molecular weight is 212 g/mol. The van der Waals surface area contributed by atoms with Crippen molar-refractivity contribution in [2.45, 2.75) is 18.8 Å². The van der Waals surface area contributed by atoms with Crippen molar-refractivity contribution in [1.82, 2.24) is 0 Å². The first-order valence-electron chi connectivity index (χ1n) is 4.59. The van der Waals surface area contributed by atoms with E-state index in [1.54, 1.807) is 0 Å². The van der Waals surface area contributed by atoms with Crippen molar-refractivity contribution in [2.75, 3.05) is 5.75 Å². The molecule has 0 saturated heterocycles. The van der Waals surface area contributed by atoms with Crippen LogP contribution in [0.2, 0.25) is 0 Å². The number of aryl methyl sites for hydroxylation is 1. The number of hydrogen-bond donors (Lipinski definition) is 1. The van der Waals surface area contributed by atoms with Crippen molar-refractivity contribution in [1.29, 1.82) is 0 Å². The van der Waals surface area contributed by atoms with Crippen LogP contribution in [0.1, 0.15) is 23.5 Å². The summed E-state index contributed by atoms with van der Waals surface area (Å²) < 4.78 is 30.3. The number of hydrogen-bond acceptors (Lipinski definition) is 2. The highest BCUT2D eigenvalue weighted by Crippen LogP contribution is 2.33. The summed E-state index contributed by atoms with van der Waals surface area (Å²) in [4.78, 5) is 0. The van der Waals surface area contributed by atoms with E-state index >= 15 is 0 Å². The molecule has 1 aliphatic rings. The molecule has 1 aliphatic carbocycles. The Morgan fingerprint density at radius 3 is 2.79 bits per heavy atom. The van der Waals surface area contributed by atoms with Crippen LogP contribution < -0.4 is 0 Å². The second kappa shape index (κ2) is 3.37. The molecule has 0 aliphatic heterocycles. The third-order valence-corrected chi connectivity index (χ3v) is 3.49. The van der Waals surface area contributed by atoms with Gasteiger partial charge in [0, 0.05) is 5.92 Å². The Labute approximate surface area is 83.5 Å². The molecule has 4 heteroatoms. The van der Waals surface area contributed by atoms with E-state index in [1.165, 1.54) is 5.56 Å². The van der Waals surface area contributed by atoms with Crippen LogP contribution in [0.4, 0.5) is 0 Å². The van der Waals surface area contributed by atoms with E-state index in [9.17, 15) is 8.42 Å². The molecule has 1 aromatic rings. The fourth-order valence-corrected chi connectivity index (χ4v) is 2.93. The van der Waals surface area contributed by atoms with Crippen molar-refractivity contribution in [2.24, 2.45) is 0 Å². The molecule has 76 valence electrons. The van der Waals surface area contributed by atoms with Crippen LogP contribution in [0.5, 0.6) is 0 Å². The fraction of sp³-hybridized carbons (Fsp3) is 0.400. The van der Waals surface area contributed by atoms with Gasteiger partial charge >= 0.3 is 0 Å². The molecule has 1 atom stereocenters. The van der Waals surface area contributed by atoms with Gasteiger partial charge in [-0.15, -0.1) is 0 Å². The molecule has 0 aromatic heterocycles. The maximum atomic E-state index is 10.8. The van der Waals surface area contributed by atoms with E-state index in [2.05, 4.69) is 0 Å². The standard InChI is InChI=1S/C10H12O3S/c11-14(12,13)7-9-6-5-8-3-1-2-4-10(8)9/h1-4,9H,5-7H2,(H,11,12,13). The highest BCUT2D eigenvalue weighted by atomic mass is 32.2. The summed E-state index contributed by atoms with van der Waals surface area (Å²) in [6.45, 7) is 0. The normalized spacial score (nSPS) is 20.8. The van der Waals surface area contributed by atoms with Crippen molar-refractivity contribution < 1.29 is 13.0 Å². The summed E-state index contributed by atoms with van der Waals surface area (Å²) >= 11 is 0. The highest BCUT2D eigenvalue weighted by Gasteiger charge is 2.25. The molecular formula is C10H12O3S. The number of rotatable bonds is 2. The lowest BCUT2D eigenvalue weighted by atomic mass is 10.0. The molecule has 1 N–H and O–H groups in total. The summed E-state index contributed by atoms with van der Waals surface area (Å²) in [6.07, 6.45) is 1.73. The second-order valence-electron chi connectivity index (χ2n) is 3.68. The van der Waals surface area contributed by atoms with Crippen molar-refractivity contribution in [3.63, 3.8) is 0 Å². The van der Waals surface area contributed by atoms with Crippen LogP contribution in [0.3, 0.4) is 0 Å². The fourth-order valence-electron chi connectivity index (χ4n) is 2.07. The molecule has 0 radical (unpaired) electrons. The van der Waals surface area contributed by atoms with Crippen molar-refractivity contribution in [3.8, 4) is 0 Å². The molecule has 0 saturated carbocycles. The van der Waals surface area contributed by atoms with Gasteiger partial charge < -0.3 is 0 Å². The molecule has 1 unspecified atom stereocenters. The predicted octanol–water partition coefficient (Wildman–Crippen LogP) is 1.60. The molecule has 14 heavy (non-hydrogen) atoms. The Morgan fingerprint density at radius 1 is 1.36 bits per heavy atom. The number of benzene rings is 1. The van der Waals surface area contributed by atoms with Gasteiger partial charge in [0.15, 0.2) is 0 Å². The zero-order valence-electron chi connectivity index (χ0n) is 7.68. The average Bonchev–Trinajstić information content (AvgIpc) is 2.47. The van der Waals surface area contributed by atoms with Gasteiger partial charge in [-0.05, 0) is 24.0 Å². The topological polar surface area (TPSA) is 54.4 Å². The lowest BCUT2D eigenvalue weighted by Crippen LogP contribution is -2.11. The Hall–Kier alpha value is -0.870.